The molecule has 0 bridgehead atoms. The van der Waals surface area contributed by atoms with Crippen LogP contribution in [0.1, 0.15) is 24.8 Å². The van der Waals surface area contributed by atoms with Gasteiger partial charge in [0.25, 0.3) is 5.69 Å². The highest BCUT2D eigenvalue weighted by molar-refractivity contribution is 5.45. The first kappa shape index (κ1) is 11.9. The predicted molar refractivity (Wildman–Crippen MR) is 64.1 cm³/mol. The van der Waals surface area contributed by atoms with E-state index in [1.807, 2.05) is 0 Å². The molecule has 0 spiro atoms. The minimum absolute atomic E-state index is 0.0864. The number of ether oxygens (including phenoxy) is 1. The van der Waals surface area contributed by atoms with Gasteiger partial charge in [0.15, 0.2) is 0 Å². The molecule has 92 valence electrons. The van der Waals surface area contributed by atoms with Gasteiger partial charge in [0.1, 0.15) is 5.75 Å². The fourth-order valence-electron chi connectivity index (χ4n) is 1.86. The van der Waals surface area contributed by atoms with E-state index >= 15 is 0 Å². The second-order valence-corrected chi connectivity index (χ2v) is 4.61. The van der Waals surface area contributed by atoms with E-state index in [0.717, 1.165) is 19.3 Å². The lowest BCUT2D eigenvalue weighted by atomic mass is 10.0. The van der Waals surface area contributed by atoms with E-state index in [1.54, 1.807) is 19.2 Å². The highest BCUT2D eigenvalue weighted by Crippen LogP contribution is 2.37. The molecule has 1 fully saturated rings. The number of nitro benzene ring substituents is 1. The van der Waals surface area contributed by atoms with Gasteiger partial charge in [0.2, 0.25) is 0 Å². The van der Waals surface area contributed by atoms with Crippen molar-refractivity contribution in [2.45, 2.75) is 31.2 Å². The Morgan fingerprint density at radius 3 is 2.76 bits per heavy atom. The minimum atomic E-state index is -0.356. The number of methoxy groups -OCH3 is 1. The van der Waals surface area contributed by atoms with Crippen molar-refractivity contribution in [1.29, 1.82) is 0 Å². The molecule has 17 heavy (non-hydrogen) atoms. The number of hydrogen-bond donors (Lipinski definition) is 1. The van der Waals surface area contributed by atoms with Crippen LogP contribution in [0.4, 0.5) is 5.69 Å². The molecule has 0 atom stereocenters. The number of rotatable bonds is 5. The van der Waals surface area contributed by atoms with Crippen LogP contribution >= 0.6 is 0 Å². The molecule has 0 saturated heterocycles. The van der Waals surface area contributed by atoms with Gasteiger partial charge in [0.05, 0.1) is 12.0 Å². The number of nitrogens with two attached hydrogens (primary N) is 1. The fraction of sp³-hybridized carbons (Fsp3) is 0.500. The smallest absolute Gasteiger partial charge is 0.272 e. The number of aryl methyl sites for hydroxylation is 1. The number of benzene rings is 1. The van der Waals surface area contributed by atoms with Crippen LogP contribution in [0.15, 0.2) is 18.2 Å². The molecule has 0 unspecified atom stereocenters. The maximum Gasteiger partial charge on any atom is 0.272 e. The second-order valence-electron chi connectivity index (χ2n) is 4.61. The predicted octanol–water partition coefficient (Wildman–Crippen LogP) is 2.03. The molecule has 1 aliphatic rings. The maximum atomic E-state index is 10.9. The first-order valence-electron chi connectivity index (χ1n) is 5.64. The molecule has 5 nitrogen and oxygen atoms in total. The summed E-state index contributed by atoms with van der Waals surface area (Å²) >= 11 is 0. The van der Waals surface area contributed by atoms with Crippen LogP contribution in [0.2, 0.25) is 0 Å². The number of nitrogens with zero attached hydrogens (tertiary/aromatic N) is 1. The molecule has 1 saturated carbocycles. The molecule has 1 aromatic carbocycles. The Morgan fingerprint density at radius 1 is 1.53 bits per heavy atom. The van der Waals surface area contributed by atoms with Gasteiger partial charge < -0.3 is 10.5 Å². The molecule has 1 aromatic rings. The Kier molecular flexibility index (Phi) is 3.02. The minimum Gasteiger partial charge on any atom is -0.497 e. The Balaban J connectivity index is 2.18. The summed E-state index contributed by atoms with van der Waals surface area (Å²) in [7, 11) is 1.55. The Labute approximate surface area is 99.7 Å². The molecule has 0 amide bonds. The van der Waals surface area contributed by atoms with Crippen molar-refractivity contribution in [3.63, 3.8) is 0 Å². The largest absolute Gasteiger partial charge is 0.497 e. The van der Waals surface area contributed by atoms with Crippen LogP contribution in [0.25, 0.3) is 0 Å². The second kappa shape index (κ2) is 4.33. The molecule has 1 aliphatic carbocycles. The van der Waals surface area contributed by atoms with Crippen LogP contribution in [0.5, 0.6) is 5.75 Å². The third-order valence-electron chi connectivity index (χ3n) is 3.27. The fourth-order valence-corrected chi connectivity index (χ4v) is 1.86. The van der Waals surface area contributed by atoms with Crippen LogP contribution < -0.4 is 10.5 Å². The average Bonchev–Trinajstić information content (AvgIpc) is 3.04. The van der Waals surface area contributed by atoms with E-state index in [1.165, 1.54) is 6.07 Å². The Morgan fingerprint density at radius 2 is 2.24 bits per heavy atom. The van der Waals surface area contributed by atoms with Gasteiger partial charge in [-0.2, -0.15) is 0 Å². The van der Waals surface area contributed by atoms with Crippen molar-refractivity contribution >= 4 is 5.69 Å². The van der Waals surface area contributed by atoms with Gasteiger partial charge in [-0.05, 0) is 37.8 Å². The van der Waals surface area contributed by atoms with Gasteiger partial charge in [0, 0.05) is 17.2 Å². The number of hydrogen-bond acceptors (Lipinski definition) is 4. The van der Waals surface area contributed by atoms with Gasteiger partial charge >= 0.3 is 0 Å². The van der Waals surface area contributed by atoms with E-state index in [9.17, 15) is 10.1 Å². The summed E-state index contributed by atoms with van der Waals surface area (Å²) in [5.41, 5.74) is 6.75. The third kappa shape index (κ3) is 2.74. The lowest BCUT2D eigenvalue weighted by molar-refractivity contribution is -0.385. The van der Waals surface area contributed by atoms with Crippen molar-refractivity contribution in [1.82, 2.24) is 0 Å². The van der Waals surface area contributed by atoms with Crippen molar-refractivity contribution in [3.05, 3.63) is 33.9 Å². The van der Waals surface area contributed by atoms with E-state index in [2.05, 4.69) is 0 Å². The van der Waals surface area contributed by atoms with Crippen molar-refractivity contribution in [2.75, 3.05) is 7.11 Å². The zero-order valence-corrected chi connectivity index (χ0v) is 9.81. The zero-order valence-electron chi connectivity index (χ0n) is 9.81. The first-order valence-corrected chi connectivity index (χ1v) is 5.64. The molecule has 0 aliphatic heterocycles. The van der Waals surface area contributed by atoms with Crippen LogP contribution in [0, 0.1) is 10.1 Å². The summed E-state index contributed by atoms with van der Waals surface area (Å²) in [4.78, 5) is 10.5. The standard InChI is InChI=1S/C12H16N2O3/c1-17-10-2-3-11(14(15)16)9(8-10)4-5-12(13)6-7-12/h2-3,8H,4-7,13H2,1H3. The van der Waals surface area contributed by atoms with Crippen LogP contribution in [-0.2, 0) is 6.42 Å². The zero-order chi connectivity index (χ0) is 12.5. The number of nitro groups is 1. The third-order valence-corrected chi connectivity index (χ3v) is 3.27. The highest BCUT2D eigenvalue weighted by atomic mass is 16.6. The van der Waals surface area contributed by atoms with E-state index in [-0.39, 0.29) is 16.1 Å². The first-order chi connectivity index (χ1) is 8.04. The van der Waals surface area contributed by atoms with Crippen molar-refractivity contribution < 1.29 is 9.66 Å². The summed E-state index contributed by atoms with van der Waals surface area (Å²) < 4.78 is 5.08. The summed E-state index contributed by atoms with van der Waals surface area (Å²) in [6.45, 7) is 0. The molecular weight excluding hydrogens is 220 g/mol. The SMILES string of the molecule is COc1ccc([N+](=O)[O-])c(CCC2(N)CC2)c1. The Hall–Kier alpha value is -1.62. The summed E-state index contributed by atoms with van der Waals surface area (Å²) in [5, 5.41) is 10.9. The molecule has 2 N–H and O–H groups in total. The van der Waals surface area contributed by atoms with E-state index < -0.39 is 0 Å². The summed E-state index contributed by atoms with van der Waals surface area (Å²) in [6.07, 6.45) is 3.46. The molecule has 0 aromatic heterocycles. The van der Waals surface area contributed by atoms with Gasteiger partial charge in [-0.25, -0.2) is 0 Å². The Bertz CT molecular complexity index is 441. The average molecular weight is 236 g/mol. The van der Waals surface area contributed by atoms with Gasteiger partial charge in [-0.1, -0.05) is 0 Å². The van der Waals surface area contributed by atoms with Gasteiger partial charge in [-0.3, -0.25) is 10.1 Å². The maximum absolute atomic E-state index is 10.9. The quantitative estimate of drug-likeness (QED) is 0.626. The summed E-state index contributed by atoms with van der Waals surface area (Å²) in [5.74, 6) is 0.646. The molecule has 2 rings (SSSR count). The highest BCUT2D eigenvalue weighted by Gasteiger charge is 2.37. The lowest BCUT2D eigenvalue weighted by Crippen LogP contribution is -2.22. The van der Waals surface area contributed by atoms with Crippen LogP contribution in [0.3, 0.4) is 0 Å². The molecule has 5 heteroatoms. The topological polar surface area (TPSA) is 78.4 Å². The van der Waals surface area contributed by atoms with Crippen molar-refractivity contribution in [2.24, 2.45) is 5.73 Å². The van der Waals surface area contributed by atoms with Crippen molar-refractivity contribution in [3.8, 4) is 5.75 Å². The monoisotopic (exact) mass is 236 g/mol. The molecule has 0 radical (unpaired) electrons. The lowest BCUT2D eigenvalue weighted by Gasteiger charge is -2.09. The van der Waals surface area contributed by atoms with E-state index in [0.29, 0.717) is 17.7 Å². The van der Waals surface area contributed by atoms with Crippen LogP contribution in [-0.4, -0.2) is 17.6 Å². The normalized spacial score (nSPS) is 16.6. The van der Waals surface area contributed by atoms with E-state index in [4.69, 9.17) is 10.5 Å². The molecule has 0 heterocycles. The van der Waals surface area contributed by atoms with Gasteiger partial charge in [-0.15, -0.1) is 0 Å². The molecular formula is C12H16N2O3. The summed E-state index contributed by atoms with van der Waals surface area (Å²) in [6, 6.07) is 4.82.